The van der Waals surface area contributed by atoms with Crippen molar-refractivity contribution in [1.82, 2.24) is 4.90 Å². The van der Waals surface area contributed by atoms with E-state index in [0.717, 1.165) is 11.2 Å². The fourth-order valence-corrected chi connectivity index (χ4v) is 0.109. The van der Waals surface area contributed by atoms with Crippen LogP contribution in [0.2, 0.25) is 0 Å². The van der Waals surface area contributed by atoms with Gasteiger partial charge in [0, 0.05) is 0 Å². The summed E-state index contributed by atoms with van der Waals surface area (Å²) in [5.74, 6) is 0. The van der Waals surface area contributed by atoms with Crippen LogP contribution in [0, 0.1) is 0 Å². The molecule has 0 aromatic rings. The molecule has 0 N–H and O–H groups in total. The number of carbonyl (C=O) groups excluding carboxylic acids is 1. The van der Waals surface area contributed by atoms with Gasteiger partial charge in [0.15, 0.2) is 0 Å². The van der Waals surface area contributed by atoms with Gasteiger partial charge in [-0.05, 0) is 0 Å². The summed E-state index contributed by atoms with van der Waals surface area (Å²) in [7, 11) is 1.46. The number of amides is 1. The number of hydrogen-bond acceptors (Lipinski definition) is 1. The standard InChI is InChI=1S/C3H5N3O/c1-6(3-7)2-5-4/h2-3H,1H3. The Kier molecular flexibility index (Phi) is 2.55. The average molecular weight is 99.1 g/mol. The van der Waals surface area contributed by atoms with Crippen LogP contribution in [0.4, 0.5) is 0 Å². The lowest BCUT2D eigenvalue weighted by Gasteiger charge is -1.84. The topological polar surface area (TPSA) is 56.7 Å². The third-order valence-corrected chi connectivity index (χ3v) is 0.400. The van der Waals surface area contributed by atoms with Gasteiger partial charge in [-0.2, -0.15) is 4.90 Å². The zero-order valence-corrected chi connectivity index (χ0v) is 3.90. The first kappa shape index (κ1) is 5.85. The molecule has 0 aliphatic carbocycles. The first-order valence-electron chi connectivity index (χ1n) is 1.66. The summed E-state index contributed by atoms with van der Waals surface area (Å²) in [6, 6.07) is 0. The highest BCUT2D eigenvalue weighted by molar-refractivity contribution is 5.67. The molecule has 0 aliphatic heterocycles. The number of nitrogens with zero attached hydrogens (tertiary/aromatic N) is 3. The molecular weight excluding hydrogens is 94.1 g/mol. The van der Waals surface area contributed by atoms with E-state index in [1.165, 1.54) is 7.05 Å². The van der Waals surface area contributed by atoms with Crippen LogP contribution in [0.1, 0.15) is 0 Å². The van der Waals surface area contributed by atoms with Crippen molar-refractivity contribution in [2.75, 3.05) is 7.05 Å². The van der Waals surface area contributed by atoms with E-state index in [9.17, 15) is 4.79 Å². The molecule has 0 heterocycles. The van der Waals surface area contributed by atoms with E-state index < -0.39 is 0 Å². The van der Waals surface area contributed by atoms with Crippen LogP contribution in [0.3, 0.4) is 0 Å². The molecule has 0 atom stereocenters. The lowest BCUT2D eigenvalue weighted by molar-refractivity contribution is -0.115. The summed E-state index contributed by atoms with van der Waals surface area (Å²) in [5, 5.41) is 0. The van der Waals surface area contributed by atoms with Gasteiger partial charge in [-0.1, -0.05) is 0 Å². The van der Waals surface area contributed by atoms with Crippen LogP contribution < -0.4 is 0 Å². The minimum absolute atomic E-state index is 0.528. The van der Waals surface area contributed by atoms with Gasteiger partial charge >= 0.3 is 6.34 Å². The lowest BCUT2D eigenvalue weighted by Crippen LogP contribution is -2.12. The fourth-order valence-electron chi connectivity index (χ4n) is 0.109. The van der Waals surface area contributed by atoms with Gasteiger partial charge in [-0.3, -0.25) is 4.79 Å². The van der Waals surface area contributed by atoms with Crippen molar-refractivity contribution in [3.63, 3.8) is 0 Å². The van der Waals surface area contributed by atoms with Gasteiger partial charge in [-0.25, -0.2) is 0 Å². The Morgan fingerprint density at radius 2 is 2.43 bits per heavy atom. The normalized spacial score (nSPS) is 6.43. The molecule has 0 unspecified atom stereocenters. The highest BCUT2D eigenvalue weighted by Crippen LogP contribution is 1.56. The average Bonchev–Trinajstić information content (AvgIpc) is 1.68. The van der Waals surface area contributed by atoms with Gasteiger partial charge in [0.1, 0.15) is 0 Å². The van der Waals surface area contributed by atoms with Crippen molar-refractivity contribution in [1.29, 1.82) is 0 Å². The van der Waals surface area contributed by atoms with E-state index in [1.807, 2.05) is 0 Å². The molecule has 0 saturated carbocycles. The second kappa shape index (κ2) is 3.06. The first-order valence-corrected chi connectivity index (χ1v) is 1.66. The van der Waals surface area contributed by atoms with Crippen molar-refractivity contribution < 1.29 is 9.58 Å². The maximum absolute atomic E-state index is 9.62. The summed E-state index contributed by atoms with van der Waals surface area (Å²) in [5.41, 5.74) is 7.74. The maximum Gasteiger partial charge on any atom is 0.323 e. The smallest absolute Gasteiger partial charge is 0.323 e. The summed E-state index contributed by atoms with van der Waals surface area (Å²) < 4.78 is 0. The lowest BCUT2D eigenvalue weighted by atomic mass is 10.9. The first-order chi connectivity index (χ1) is 3.31. The van der Waals surface area contributed by atoms with Crippen molar-refractivity contribution in [3.8, 4) is 0 Å². The van der Waals surface area contributed by atoms with Crippen LogP contribution in [0.15, 0.2) is 0 Å². The molecule has 0 aliphatic rings. The van der Waals surface area contributed by atoms with Crippen LogP contribution in [0.25, 0.3) is 5.53 Å². The Morgan fingerprint density at radius 3 is 2.57 bits per heavy atom. The summed E-state index contributed by atoms with van der Waals surface area (Å²) in [6.07, 6.45) is 1.52. The van der Waals surface area contributed by atoms with Gasteiger partial charge < -0.3 is 10.3 Å². The van der Waals surface area contributed by atoms with Gasteiger partial charge in [-0.15, -0.1) is 0 Å². The second-order valence-corrected chi connectivity index (χ2v) is 1.00. The molecule has 4 nitrogen and oxygen atoms in total. The highest BCUT2D eigenvalue weighted by atomic mass is 16.1. The molecule has 0 fully saturated rings. The van der Waals surface area contributed by atoms with E-state index in [0.29, 0.717) is 6.41 Å². The fraction of sp³-hybridized carbons (Fsp3) is 0.333. The molecular formula is C3H5N3O. The monoisotopic (exact) mass is 99.0 g/mol. The van der Waals surface area contributed by atoms with E-state index in [4.69, 9.17) is 5.53 Å². The van der Waals surface area contributed by atoms with Crippen LogP contribution in [-0.2, 0) is 4.79 Å². The molecule has 1 amide bonds. The quantitative estimate of drug-likeness (QED) is 0.149. The SMILES string of the molecule is CN(C=O)C=[N+]=[N-]. The molecule has 0 spiro atoms. The third kappa shape index (κ3) is 2.66. The van der Waals surface area contributed by atoms with Crippen LogP contribution >= 0.6 is 0 Å². The zero-order valence-electron chi connectivity index (χ0n) is 3.90. The second-order valence-electron chi connectivity index (χ2n) is 1.00. The van der Waals surface area contributed by atoms with Crippen LogP contribution in [0.5, 0.6) is 0 Å². The Labute approximate surface area is 41.0 Å². The van der Waals surface area contributed by atoms with Crippen molar-refractivity contribution in [3.05, 3.63) is 5.53 Å². The Hall–Kier alpha value is -1.15. The molecule has 0 saturated heterocycles. The van der Waals surface area contributed by atoms with Gasteiger partial charge in [0.25, 0.3) is 6.41 Å². The molecule has 0 radical (unpaired) electrons. The van der Waals surface area contributed by atoms with Crippen molar-refractivity contribution >= 4 is 12.7 Å². The van der Waals surface area contributed by atoms with Crippen molar-refractivity contribution in [2.24, 2.45) is 0 Å². The molecule has 38 valence electrons. The molecule has 0 aromatic heterocycles. The minimum Gasteiger partial charge on any atom is -0.498 e. The molecule has 4 heteroatoms. The number of hydrogen-bond donors (Lipinski definition) is 0. The van der Waals surface area contributed by atoms with E-state index in [-0.39, 0.29) is 0 Å². The maximum atomic E-state index is 9.62. The predicted octanol–water partition coefficient (Wildman–Crippen LogP) is -0.667. The molecule has 0 rings (SSSR count). The Balaban J connectivity index is 3.56. The number of carbonyl (C=O) groups is 1. The largest absolute Gasteiger partial charge is 0.498 e. The minimum atomic E-state index is 0.528. The Morgan fingerprint density at radius 1 is 1.86 bits per heavy atom. The molecule has 7 heavy (non-hydrogen) atoms. The molecule has 0 bridgehead atoms. The van der Waals surface area contributed by atoms with E-state index >= 15 is 0 Å². The highest BCUT2D eigenvalue weighted by Gasteiger charge is 1.88. The summed E-state index contributed by atoms with van der Waals surface area (Å²) in [6.45, 7) is 0. The summed E-state index contributed by atoms with van der Waals surface area (Å²) >= 11 is 0. The van der Waals surface area contributed by atoms with Crippen molar-refractivity contribution in [2.45, 2.75) is 0 Å². The predicted molar refractivity (Wildman–Crippen MR) is 23.5 cm³/mol. The third-order valence-electron chi connectivity index (χ3n) is 0.400. The van der Waals surface area contributed by atoms with E-state index in [1.54, 1.807) is 0 Å². The molecule has 0 aromatic carbocycles. The Bertz CT molecular complexity index is 105. The zero-order chi connectivity index (χ0) is 5.70. The van der Waals surface area contributed by atoms with Gasteiger partial charge in [0.05, 0.1) is 7.05 Å². The summed E-state index contributed by atoms with van der Waals surface area (Å²) in [4.78, 5) is 13.3. The van der Waals surface area contributed by atoms with Crippen LogP contribution in [-0.4, -0.2) is 29.5 Å². The van der Waals surface area contributed by atoms with Gasteiger partial charge in [0.2, 0.25) is 0 Å². The van der Waals surface area contributed by atoms with E-state index in [2.05, 4.69) is 4.79 Å². The number of rotatable bonds is 2.